The van der Waals surface area contributed by atoms with Crippen LogP contribution >= 0.6 is 0 Å². The van der Waals surface area contributed by atoms with Crippen molar-refractivity contribution in [2.24, 2.45) is 69.5 Å². The third-order valence-corrected chi connectivity index (χ3v) is 11.8. The lowest BCUT2D eigenvalue weighted by atomic mass is 9.55. The molecule has 4 bridgehead atoms. The number of esters is 1. The summed E-state index contributed by atoms with van der Waals surface area (Å²) >= 11 is 0. The molecule has 0 N–H and O–H groups in total. The Labute approximate surface area is 174 Å². The maximum Gasteiger partial charge on any atom is 0.312 e. The van der Waals surface area contributed by atoms with Gasteiger partial charge in [0.2, 0.25) is 0 Å². The molecule has 4 aliphatic carbocycles. The van der Waals surface area contributed by atoms with Gasteiger partial charge in [-0.2, -0.15) is 0 Å². The minimum atomic E-state index is -0.231. The predicted molar refractivity (Wildman–Crippen MR) is 117 cm³/mol. The van der Waals surface area contributed by atoms with Crippen LogP contribution in [0.5, 0.6) is 0 Å². The molecule has 0 aromatic carbocycles. The van der Waals surface area contributed by atoms with Gasteiger partial charge in [0.15, 0.2) is 0 Å². The molecule has 2 heteroatoms. The largest absolute Gasteiger partial charge is 0.469 e. The van der Waals surface area contributed by atoms with Crippen molar-refractivity contribution in [3.63, 3.8) is 0 Å². The normalized spacial score (nSPS) is 52.3. The molecule has 4 aliphatic rings. The number of hydrogen-bond acceptors (Lipinski definition) is 2. The number of carbonyl (C=O) groups is 1. The van der Waals surface area contributed by atoms with Gasteiger partial charge in [-0.15, -0.1) is 0 Å². The second kappa shape index (κ2) is 6.74. The summed E-state index contributed by atoms with van der Waals surface area (Å²) in [7, 11) is 1.51. The number of methoxy groups -OCH3 is 1. The molecule has 0 saturated heterocycles. The van der Waals surface area contributed by atoms with E-state index in [1.807, 2.05) is 0 Å². The molecule has 4 fully saturated rings. The Hall–Kier alpha value is -0.530. The fourth-order valence-electron chi connectivity index (χ4n) is 8.56. The minimum Gasteiger partial charge on any atom is -0.469 e. The first-order valence-corrected chi connectivity index (χ1v) is 11.8. The van der Waals surface area contributed by atoms with Crippen molar-refractivity contribution in [2.45, 2.75) is 82.1 Å². The lowest BCUT2D eigenvalue weighted by Gasteiger charge is -2.50. The van der Waals surface area contributed by atoms with Crippen LogP contribution in [-0.4, -0.2) is 13.1 Å². The van der Waals surface area contributed by atoms with Gasteiger partial charge in [0.05, 0.1) is 12.5 Å². The Morgan fingerprint density at radius 3 is 1.50 bits per heavy atom. The van der Waals surface area contributed by atoms with E-state index >= 15 is 0 Å². The van der Waals surface area contributed by atoms with Crippen molar-refractivity contribution in [1.29, 1.82) is 0 Å². The summed E-state index contributed by atoms with van der Waals surface area (Å²) in [5.41, 5.74) is 0.887. The van der Waals surface area contributed by atoms with E-state index in [4.69, 9.17) is 4.74 Å². The summed E-state index contributed by atoms with van der Waals surface area (Å²) < 4.78 is 5.00. The molecule has 0 radical (unpaired) electrons. The monoisotopic (exact) mass is 390 g/mol. The molecule has 0 amide bonds. The molecule has 2 nitrogen and oxygen atoms in total. The van der Waals surface area contributed by atoms with E-state index in [9.17, 15) is 4.79 Å². The third-order valence-electron chi connectivity index (χ3n) is 11.8. The fourth-order valence-corrected chi connectivity index (χ4v) is 8.56. The van der Waals surface area contributed by atoms with Crippen LogP contribution in [0.25, 0.3) is 0 Å². The molecular formula is C26H46O2. The molecule has 0 aliphatic heterocycles. The highest BCUT2D eigenvalue weighted by atomic mass is 16.5. The molecule has 4 saturated carbocycles. The summed E-state index contributed by atoms with van der Waals surface area (Å²) in [4.78, 5) is 12.0. The van der Waals surface area contributed by atoms with Gasteiger partial charge >= 0.3 is 5.97 Å². The van der Waals surface area contributed by atoms with Crippen molar-refractivity contribution < 1.29 is 9.53 Å². The van der Waals surface area contributed by atoms with E-state index in [1.165, 1.54) is 20.0 Å². The Morgan fingerprint density at radius 1 is 0.714 bits per heavy atom. The number of carbonyl (C=O) groups excluding carboxylic acids is 1. The van der Waals surface area contributed by atoms with E-state index in [0.717, 1.165) is 29.6 Å². The Bertz CT molecular complexity index is 596. The molecule has 28 heavy (non-hydrogen) atoms. The fraction of sp³-hybridized carbons (Fsp3) is 0.962. The zero-order valence-electron chi connectivity index (χ0n) is 20.4. The summed E-state index contributed by atoms with van der Waals surface area (Å²) in [6, 6.07) is 0. The van der Waals surface area contributed by atoms with Crippen LogP contribution in [0.3, 0.4) is 0 Å². The standard InChI is InChI=1S/C13H22O2.C13H24/c1-7-8(2)11-6-10(7)9(3)13(11,4)12(14)15-5;1-8-9(2)11-7-10(8)12(3,4)13(11,5)6/h7-11H,6H2,1-5H3;8-11H,7H2,1-6H3. The molecule has 10 unspecified atom stereocenters. The van der Waals surface area contributed by atoms with Crippen molar-refractivity contribution in [3.05, 3.63) is 0 Å². The number of fused-ring (bicyclic) bond motifs is 4. The van der Waals surface area contributed by atoms with Gasteiger partial charge < -0.3 is 4.74 Å². The van der Waals surface area contributed by atoms with Crippen LogP contribution in [0.15, 0.2) is 0 Å². The first kappa shape index (κ1) is 22.2. The molecule has 0 aromatic rings. The molecule has 4 rings (SSSR count). The molecule has 0 heterocycles. The lowest BCUT2D eigenvalue weighted by molar-refractivity contribution is -0.161. The molecule has 162 valence electrons. The molecule has 10 atom stereocenters. The first-order chi connectivity index (χ1) is 12.7. The lowest BCUT2D eigenvalue weighted by Crippen LogP contribution is -2.45. The minimum absolute atomic E-state index is 0.00116. The SMILES string of the molecule is CC1C(C)C2CC1C(C)(C)C2(C)C.COC(=O)C1(C)C(C)C2CC1C(C)C2C. The average molecular weight is 391 g/mol. The Kier molecular flexibility index (Phi) is 5.34. The summed E-state index contributed by atoms with van der Waals surface area (Å²) in [6.07, 6.45) is 2.71. The highest BCUT2D eigenvalue weighted by molar-refractivity contribution is 5.78. The summed E-state index contributed by atoms with van der Waals surface area (Å²) in [6.45, 7) is 23.8. The predicted octanol–water partition coefficient (Wildman–Crippen LogP) is 6.68. The second-order valence-corrected chi connectivity index (χ2v) is 12.4. The van der Waals surface area contributed by atoms with Crippen LogP contribution in [0.1, 0.15) is 82.1 Å². The van der Waals surface area contributed by atoms with E-state index in [0.29, 0.717) is 34.5 Å². The zero-order valence-corrected chi connectivity index (χ0v) is 20.4. The Morgan fingerprint density at radius 2 is 1.14 bits per heavy atom. The maximum atomic E-state index is 12.0. The summed E-state index contributed by atoms with van der Waals surface area (Å²) in [5.74, 6) is 7.00. The van der Waals surface area contributed by atoms with Gasteiger partial charge in [-0.3, -0.25) is 4.79 Å². The second-order valence-electron chi connectivity index (χ2n) is 12.4. The Balaban J connectivity index is 0.000000162. The van der Waals surface area contributed by atoms with Crippen LogP contribution in [-0.2, 0) is 9.53 Å². The molecule has 0 aromatic heterocycles. The van der Waals surface area contributed by atoms with Gasteiger partial charge in [0.1, 0.15) is 0 Å². The van der Waals surface area contributed by atoms with E-state index in [2.05, 4.69) is 69.2 Å². The van der Waals surface area contributed by atoms with E-state index in [1.54, 1.807) is 0 Å². The van der Waals surface area contributed by atoms with E-state index in [-0.39, 0.29) is 11.4 Å². The topological polar surface area (TPSA) is 26.3 Å². The first-order valence-electron chi connectivity index (χ1n) is 11.8. The highest BCUT2D eigenvalue weighted by Crippen LogP contribution is 2.69. The van der Waals surface area contributed by atoms with Gasteiger partial charge in [-0.25, -0.2) is 0 Å². The number of hydrogen-bond donors (Lipinski definition) is 0. The van der Waals surface area contributed by atoms with Crippen molar-refractivity contribution in [1.82, 2.24) is 0 Å². The van der Waals surface area contributed by atoms with Crippen LogP contribution < -0.4 is 0 Å². The summed E-state index contributed by atoms with van der Waals surface area (Å²) in [5, 5.41) is 0. The van der Waals surface area contributed by atoms with Crippen LogP contribution in [0.4, 0.5) is 0 Å². The van der Waals surface area contributed by atoms with Crippen LogP contribution in [0.2, 0.25) is 0 Å². The van der Waals surface area contributed by atoms with Crippen molar-refractivity contribution in [2.75, 3.05) is 7.11 Å². The van der Waals surface area contributed by atoms with E-state index < -0.39 is 0 Å². The van der Waals surface area contributed by atoms with Crippen molar-refractivity contribution >= 4 is 5.97 Å². The average Bonchev–Trinajstić information content (AvgIpc) is 3.25. The van der Waals surface area contributed by atoms with Gasteiger partial charge in [-0.1, -0.05) is 62.3 Å². The van der Waals surface area contributed by atoms with Gasteiger partial charge in [0, 0.05) is 0 Å². The zero-order chi connectivity index (χ0) is 21.4. The van der Waals surface area contributed by atoms with Crippen LogP contribution in [0, 0.1) is 69.5 Å². The van der Waals surface area contributed by atoms with Crippen molar-refractivity contribution in [3.8, 4) is 0 Å². The number of rotatable bonds is 1. The smallest absolute Gasteiger partial charge is 0.312 e. The molecule has 0 spiro atoms. The number of ether oxygens (including phenoxy) is 1. The van der Waals surface area contributed by atoms with Gasteiger partial charge in [0.25, 0.3) is 0 Å². The third kappa shape index (κ3) is 2.61. The quantitative estimate of drug-likeness (QED) is 0.466. The maximum absolute atomic E-state index is 12.0. The van der Waals surface area contributed by atoms with Gasteiger partial charge in [-0.05, 0) is 83.9 Å². The molecular weight excluding hydrogens is 344 g/mol. The highest BCUT2D eigenvalue weighted by Gasteiger charge is 2.64.